The van der Waals surface area contributed by atoms with E-state index in [1.54, 1.807) is 33.8 Å². The Labute approximate surface area is 834 Å². The molecule has 1 amide bonds. The van der Waals surface area contributed by atoms with Gasteiger partial charge in [-0.15, -0.1) is 13.2 Å². The van der Waals surface area contributed by atoms with Gasteiger partial charge >= 0.3 is 17.9 Å². The highest BCUT2D eigenvalue weighted by Crippen LogP contribution is 2.76. The van der Waals surface area contributed by atoms with Gasteiger partial charge in [-0.3, -0.25) is 9.59 Å². The van der Waals surface area contributed by atoms with E-state index in [9.17, 15) is 127 Å². The predicted molar refractivity (Wildman–Crippen MR) is 488 cm³/mol. The standard InChI is InChI=1S/C98H155NO45/c1-17-93(12,126)27-19-21-40(3)80(123)138-75-42(5)131-87(73(121)69(75)117)144-94(13,18-2)28-20-22-45(34-100)81(124)136-57-33-98(90(125)143-89-79(68(116)62(110)50(36-102)134-89)142-86-74(122)77(140-85-72(120)66(114)61(109)49(35-101)132-85)76(43(6)130-86)139-84-71(119)63(111)51(37-103)133-84)47(31-91(57,8)9)46-23-24-54-95(14)29-26-56(92(10,11)53(95)25-30-96(54,15)97(46,16)32-55(98)106)137-82-58(99-44(7)104)65(113)64(112)52(135-82)39-128-88-78(67(115)59(107)41(4)129-88)141-83-70(118)60(108)48(105)38-127-83/h17-18,21-23,41-43,47-79,82-89,100-103,105-122,126H,1-2,19-20,24-39H2,3-16H3,(H,99,104)/b40-21-,45-22-/t41-,42+,43-,47+,48+,49+,50+,51-,52+,53-,54+,55+,56-,57-,58+,59+,60-,61+,62+,63-,64+,65+,66-,67+,68-,69+,70+,71+,72+,73+,74+,75+,76-,77-,78-,79+,82-,83-,84-,85-,86+,87-,88-,89+,93+,94+,95-,96+,97+,98+/m0/s1. The SMILES string of the molecule is C=C[C@@](C)(O)CC/C=C(/C)C(=O)O[C@H]1[C@H](O)[C@@H](O)[C@H](O[C@](C)(C=C)CC/C=C(/CO)C(=O)O[C@H]2C[C@]3(C(=O)O[C@H]4O[C@H](CO)[C@@H](O)[C@H](O)[C@H]4O[C@H]4O[C@@H](C)[C@H](O[C@@H]5O[C@@H](CO)[C@H](O)[C@H]5O)[C@@H](O[C@@H]5O[C@H](CO)[C@@H](O)[C@H](O)[C@H]5O)[C@H]4O)[C@H](O)C[C@]4(C)C(=CC[C@@H]5[C@@]6(C)CC[C@H](O[C@@H]7O[C@H](CO[C@H]8O[C@@H](C)[C@@H](O)[C@@H](O)[C@@H]8O[C@@H]8OC[C@@H](O)[C@H](O)[C@H]8O)[C@@H](O)[C@H](O)[C@H]7NC(C)=O)C(C)(C)[C@@H]6CC[C@]54C)[C@H]3CC2(C)C)O[C@@H]1C. The molecule has 0 aromatic carbocycles. The maximum atomic E-state index is 16.9. The first-order chi connectivity index (χ1) is 67.4. The number of ether oxygens (including phenoxy) is 18. The monoisotopic (exact) mass is 2070 g/mol. The third-order valence-electron chi connectivity index (χ3n) is 33.9. The summed E-state index contributed by atoms with van der Waals surface area (Å²) in [5.74, 6) is -5.22. The largest absolute Gasteiger partial charge is 0.458 e. The molecule has 0 spiro atoms. The van der Waals surface area contributed by atoms with Crippen molar-refractivity contribution in [3.05, 3.63) is 60.3 Å². The first-order valence-corrected chi connectivity index (χ1v) is 49.8. The lowest BCUT2D eigenvalue weighted by Crippen LogP contribution is -2.70. The highest BCUT2D eigenvalue weighted by molar-refractivity contribution is 5.89. The maximum absolute atomic E-state index is 16.9. The molecule has 0 radical (unpaired) electrons. The van der Waals surface area contributed by atoms with Crippen LogP contribution in [0.25, 0.3) is 0 Å². The first kappa shape index (κ1) is 116. The molecule has 0 aromatic heterocycles. The summed E-state index contributed by atoms with van der Waals surface area (Å²) in [5.41, 5.74) is -8.61. The van der Waals surface area contributed by atoms with Crippen molar-refractivity contribution in [3.63, 3.8) is 0 Å². The van der Waals surface area contributed by atoms with E-state index >= 15 is 9.59 Å². The zero-order valence-electron chi connectivity index (χ0n) is 83.7. The number of rotatable bonds is 34. The number of hydrogen-bond donors (Lipinski definition) is 24. The summed E-state index contributed by atoms with van der Waals surface area (Å²) in [5, 5.41) is 262. The van der Waals surface area contributed by atoms with Gasteiger partial charge in [0.25, 0.3) is 0 Å². The Balaban J connectivity index is 0.787. The van der Waals surface area contributed by atoms with Gasteiger partial charge in [-0.25, -0.2) is 9.59 Å². The molecule has 8 aliphatic heterocycles. The molecule has 46 heteroatoms. The van der Waals surface area contributed by atoms with Crippen molar-refractivity contribution in [2.24, 2.45) is 50.2 Å². The number of hydrogen-bond acceptors (Lipinski definition) is 45. The van der Waals surface area contributed by atoms with Crippen molar-refractivity contribution in [3.8, 4) is 0 Å². The lowest BCUT2D eigenvalue weighted by Gasteiger charge is -2.72. The van der Waals surface area contributed by atoms with Crippen molar-refractivity contribution >= 4 is 23.8 Å². The van der Waals surface area contributed by atoms with Crippen LogP contribution in [0.4, 0.5) is 0 Å². The molecule has 144 heavy (non-hydrogen) atoms. The molecule has 13 aliphatic rings. The number of nitrogens with one attached hydrogen (secondary N) is 1. The van der Waals surface area contributed by atoms with Crippen molar-refractivity contribution < 1.29 is 222 Å². The molecular weight excluding hydrogens is 1910 g/mol. The van der Waals surface area contributed by atoms with E-state index in [2.05, 4.69) is 52.2 Å². The van der Waals surface area contributed by atoms with Crippen LogP contribution in [-0.4, -0.2) is 444 Å². The average Bonchev–Trinajstić information content (AvgIpc) is 0.691. The van der Waals surface area contributed by atoms with Crippen LogP contribution < -0.4 is 5.32 Å². The number of allylic oxidation sites excluding steroid dienone is 4. The van der Waals surface area contributed by atoms with Gasteiger partial charge in [0.2, 0.25) is 12.2 Å². The van der Waals surface area contributed by atoms with Gasteiger partial charge in [0.05, 0.1) is 86.9 Å². The number of carbonyl (C=O) groups excluding carboxylic acids is 4. The lowest BCUT2D eigenvalue weighted by molar-refractivity contribution is -0.390. The molecule has 8 heterocycles. The number of fused-ring (bicyclic) bond motifs is 7. The van der Waals surface area contributed by atoms with E-state index in [1.807, 2.05) is 6.92 Å². The number of aliphatic hydroxyl groups is 23. The molecule has 24 N–H and O–H groups in total. The number of esters is 3. The second-order valence-electron chi connectivity index (χ2n) is 44.1. The molecular formula is C98H155NO45. The second-order valence-corrected chi connectivity index (χ2v) is 44.1. The summed E-state index contributed by atoms with van der Waals surface area (Å²) in [6.45, 7) is 27.0. The van der Waals surface area contributed by atoms with Crippen LogP contribution in [0.15, 0.2) is 60.3 Å². The quantitative estimate of drug-likeness (QED) is 0.00944. The van der Waals surface area contributed by atoms with Crippen LogP contribution in [0, 0.1) is 50.2 Å². The van der Waals surface area contributed by atoms with Crippen LogP contribution in [0.1, 0.15) is 174 Å². The fourth-order valence-corrected chi connectivity index (χ4v) is 24.6. The normalized spacial score (nSPS) is 47.9. The van der Waals surface area contributed by atoms with Crippen LogP contribution in [0.5, 0.6) is 0 Å². The third-order valence-corrected chi connectivity index (χ3v) is 33.9. The summed E-state index contributed by atoms with van der Waals surface area (Å²) < 4.78 is 111. The smallest absolute Gasteiger partial charge is 0.336 e. The molecule has 4 saturated carbocycles. The fraction of sp³-hybridized carbons (Fsp3) is 0.857. The van der Waals surface area contributed by atoms with Crippen molar-refractivity contribution in [2.75, 3.05) is 39.6 Å². The molecule has 5 aliphatic carbocycles. The fourth-order valence-electron chi connectivity index (χ4n) is 24.6. The molecule has 50 atom stereocenters. The Bertz CT molecular complexity index is 4470. The van der Waals surface area contributed by atoms with E-state index in [0.29, 0.717) is 32.1 Å². The van der Waals surface area contributed by atoms with Crippen LogP contribution in [0.3, 0.4) is 0 Å². The van der Waals surface area contributed by atoms with Crippen molar-refractivity contribution in [2.45, 2.75) is 437 Å². The predicted octanol–water partition coefficient (Wildman–Crippen LogP) is -4.89. The number of amides is 1. The topological polar surface area (TPSA) is 712 Å². The Morgan fingerprint density at radius 2 is 1.01 bits per heavy atom. The van der Waals surface area contributed by atoms with Gasteiger partial charge in [-0.1, -0.05) is 84.4 Å². The Morgan fingerprint density at radius 3 is 1.64 bits per heavy atom. The average molecular weight is 2070 g/mol. The van der Waals surface area contributed by atoms with E-state index in [4.69, 9.17) is 85.3 Å². The van der Waals surface area contributed by atoms with E-state index in [1.165, 1.54) is 52.8 Å². The first-order valence-electron chi connectivity index (χ1n) is 49.8. The molecule has 46 nitrogen and oxygen atoms in total. The molecule has 13 rings (SSSR count). The molecule has 8 saturated heterocycles. The van der Waals surface area contributed by atoms with Gasteiger partial charge in [-0.05, 0) is 152 Å². The Kier molecular flexibility index (Phi) is 36.9. The maximum Gasteiger partial charge on any atom is 0.336 e. The molecule has 12 fully saturated rings. The van der Waals surface area contributed by atoms with Gasteiger partial charge in [0, 0.05) is 24.3 Å². The minimum absolute atomic E-state index is 0.0300. The minimum atomic E-state index is -2.29. The molecule has 0 unspecified atom stereocenters. The van der Waals surface area contributed by atoms with Gasteiger partial charge in [0.1, 0.15) is 164 Å². The highest BCUT2D eigenvalue weighted by atomic mass is 16.8. The summed E-state index contributed by atoms with van der Waals surface area (Å²) >= 11 is 0. The summed E-state index contributed by atoms with van der Waals surface area (Å²) in [6.07, 6.45) is -59.4. The summed E-state index contributed by atoms with van der Waals surface area (Å²) in [6, 6.07) is -1.38. The van der Waals surface area contributed by atoms with Crippen molar-refractivity contribution in [1.82, 2.24) is 5.32 Å². The zero-order valence-corrected chi connectivity index (χ0v) is 83.7. The van der Waals surface area contributed by atoms with Crippen LogP contribution >= 0.6 is 0 Å². The Hall–Kier alpha value is -4.94. The highest BCUT2D eigenvalue weighted by Gasteiger charge is 2.74. The molecule has 0 aromatic rings. The van der Waals surface area contributed by atoms with E-state index < -0.39 is 371 Å². The van der Waals surface area contributed by atoms with Gasteiger partial charge in [-0.2, -0.15) is 0 Å². The minimum Gasteiger partial charge on any atom is -0.458 e. The van der Waals surface area contributed by atoms with Crippen molar-refractivity contribution in [1.29, 1.82) is 0 Å². The second kappa shape index (κ2) is 45.8. The Morgan fingerprint density at radius 1 is 0.486 bits per heavy atom. The van der Waals surface area contributed by atoms with Gasteiger partial charge in [0.15, 0.2) is 56.2 Å². The van der Waals surface area contributed by atoms with Crippen LogP contribution in [-0.2, 0) is 104 Å². The molecule has 822 valence electrons. The summed E-state index contributed by atoms with van der Waals surface area (Å²) in [7, 11) is 0. The van der Waals surface area contributed by atoms with E-state index in [0.717, 1.165) is 5.57 Å². The van der Waals surface area contributed by atoms with E-state index in [-0.39, 0.29) is 61.5 Å². The molecule has 0 bridgehead atoms. The third kappa shape index (κ3) is 22.6. The summed E-state index contributed by atoms with van der Waals surface area (Å²) in [4.78, 5) is 58.3. The van der Waals surface area contributed by atoms with Gasteiger partial charge < -0.3 is 208 Å². The number of aliphatic hydroxyl groups excluding tert-OH is 22. The number of carbonyl (C=O) groups is 4. The zero-order chi connectivity index (χ0) is 106. The lowest BCUT2D eigenvalue weighted by atomic mass is 9.33. The van der Waals surface area contributed by atoms with Crippen LogP contribution in [0.2, 0.25) is 0 Å².